The Balaban J connectivity index is 2.21. The lowest BCUT2D eigenvalue weighted by atomic mass is 9.98. The van der Waals surface area contributed by atoms with E-state index in [4.69, 9.17) is 0 Å². The number of benzene rings is 1. The van der Waals surface area contributed by atoms with Gasteiger partial charge in [0, 0.05) is 24.0 Å². The number of likely N-dealkylation sites (tertiary alicyclic amines) is 1. The topological polar surface area (TPSA) is 60.8 Å². The van der Waals surface area contributed by atoms with Crippen molar-refractivity contribution in [2.24, 2.45) is 0 Å². The number of hydrogen-bond donors (Lipinski definition) is 2. The lowest BCUT2D eigenvalue weighted by molar-refractivity contribution is 0.0607. The Morgan fingerprint density at radius 2 is 2.16 bits per heavy atom. The van der Waals surface area contributed by atoms with Crippen LogP contribution in [0.1, 0.15) is 36.0 Å². The van der Waals surface area contributed by atoms with E-state index in [9.17, 15) is 15.0 Å². The minimum atomic E-state index is -0.159. The quantitative estimate of drug-likeness (QED) is 0.839. The minimum absolute atomic E-state index is 0.0373. The zero-order valence-electron chi connectivity index (χ0n) is 10.7. The minimum Gasteiger partial charge on any atom is -0.508 e. The average molecular weight is 328 g/mol. The number of carbonyl (C=O) groups excluding carboxylic acids is 1. The fourth-order valence-corrected chi connectivity index (χ4v) is 3.08. The molecule has 1 heterocycles. The van der Waals surface area contributed by atoms with Crippen LogP contribution in [0.2, 0.25) is 0 Å². The van der Waals surface area contributed by atoms with Crippen LogP contribution in [0.25, 0.3) is 0 Å². The van der Waals surface area contributed by atoms with E-state index in [0.717, 1.165) is 37.6 Å². The molecule has 1 amide bonds. The molecule has 0 aromatic heterocycles. The van der Waals surface area contributed by atoms with Crippen LogP contribution in [0, 0.1) is 0 Å². The number of aromatic hydroxyl groups is 2. The fourth-order valence-electron chi connectivity index (χ4n) is 2.55. The summed E-state index contributed by atoms with van der Waals surface area (Å²) in [6.45, 7) is 0.733. The van der Waals surface area contributed by atoms with Crippen LogP contribution in [-0.2, 0) is 0 Å². The van der Waals surface area contributed by atoms with Gasteiger partial charge in [-0.15, -0.1) is 0 Å². The van der Waals surface area contributed by atoms with Crippen molar-refractivity contribution in [1.82, 2.24) is 4.90 Å². The highest BCUT2D eigenvalue weighted by Gasteiger charge is 2.28. The van der Waals surface area contributed by atoms with Gasteiger partial charge in [-0.05, 0) is 37.8 Å². The van der Waals surface area contributed by atoms with E-state index in [1.54, 1.807) is 0 Å². The molecule has 1 unspecified atom stereocenters. The largest absolute Gasteiger partial charge is 0.508 e. The molecule has 104 valence electrons. The maximum Gasteiger partial charge on any atom is 0.257 e. The predicted molar refractivity (Wildman–Crippen MR) is 76.9 cm³/mol. The van der Waals surface area contributed by atoms with Crippen molar-refractivity contribution in [2.75, 3.05) is 11.9 Å². The third-order valence-corrected chi connectivity index (χ3v) is 4.00. The Labute approximate surface area is 121 Å². The van der Waals surface area contributed by atoms with Crippen LogP contribution in [-0.4, -0.2) is 38.9 Å². The van der Waals surface area contributed by atoms with E-state index in [1.807, 2.05) is 4.90 Å². The Kier molecular flexibility index (Phi) is 4.69. The molecule has 1 fully saturated rings. The number of alkyl halides is 1. The Morgan fingerprint density at radius 3 is 2.84 bits per heavy atom. The number of hydrogen-bond acceptors (Lipinski definition) is 3. The van der Waals surface area contributed by atoms with Crippen molar-refractivity contribution in [3.8, 4) is 11.5 Å². The van der Waals surface area contributed by atoms with E-state index >= 15 is 0 Å². The summed E-state index contributed by atoms with van der Waals surface area (Å²) in [5, 5.41) is 19.9. The third-order valence-electron chi connectivity index (χ3n) is 3.54. The van der Waals surface area contributed by atoms with Gasteiger partial charge in [-0.3, -0.25) is 4.79 Å². The van der Waals surface area contributed by atoms with Gasteiger partial charge in [0.15, 0.2) is 0 Å². The van der Waals surface area contributed by atoms with E-state index in [2.05, 4.69) is 15.9 Å². The maximum absolute atomic E-state index is 12.5. The van der Waals surface area contributed by atoms with Gasteiger partial charge in [0.05, 0.1) is 5.56 Å². The number of amides is 1. The molecule has 0 radical (unpaired) electrons. The number of nitrogens with zero attached hydrogens (tertiary/aromatic N) is 1. The maximum atomic E-state index is 12.5. The number of halogens is 1. The van der Waals surface area contributed by atoms with Crippen molar-refractivity contribution >= 4 is 21.8 Å². The summed E-state index contributed by atoms with van der Waals surface area (Å²) in [6, 6.07) is 4.34. The number of phenolic OH excluding ortho intramolecular Hbond substituents is 2. The van der Waals surface area contributed by atoms with Crippen LogP contribution in [0.5, 0.6) is 11.5 Å². The van der Waals surface area contributed by atoms with Gasteiger partial charge in [-0.2, -0.15) is 0 Å². The van der Waals surface area contributed by atoms with Crippen LogP contribution in [0.15, 0.2) is 18.2 Å². The van der Waals surface area contributed by atoms with Gasteiger partial charge in [0.25, 0.3) is 5.91 Å². The van der Waals surface area contributed by atoms with Gasteiger partial charge in [0.1, 0.15) is 11.5 Å². The molecule has 4 nitrogen and oxygen atoms in total. The molecular weight excluding hydrogens is 310 g/mol. The zero-order chi connectivity index (χ0) is 13.8. The van der Waals surface area contributed by atoms with Crippen molar-refractivity contribution in [3.63, 3.8) is 0 Å². The van der Waals surface area contributed by atoms with E-state index in [0.29, 0.717) is 0 Å². The molecule has 0 aliphatic carbocycles. The summed E-state index contributed by atoms with van der Waals surface area (Å²) in [6.07, 6.45) is 4.08. The number of rotatable bonds is 3. The summed E-state index contributed by atoms with van der Waals surface area (Å²) < 4.78 is 0. The predicted octanol–water partition coefficient (Wildman–Crippen LogP) is 2.88. The molecule has 0 saturated carbocycles. The smallest absolute Gasteiger partial charge is 0.257 e. The van der Waals surface area contributed by atoms with Crippen molar-refractivity contribution in [1.29, 1.82) is 0 Å². The van der Waals surface area contributed by atoms with Crippen LogP contribution in [0.3, 0.4) is 0 Å². The average Bonchev–Trinajstić information content (AvgIpc) is 2.39. The van der Waals surface area contributed by atoms with Crippen molar-refractivity contribution in [3.05, 3.63) is 23.8 Å². The highest BCUT2D eigenvalue weighted by Crippen LogP contribution is 2.28. The number of piperidine rings is 1. The van der Waals surface area contributed by atoms with Crippen LogP contribution < -0.4 is 0 Å². The molecule has 0 bridgehead atoms. The Morgan fingerprint density at radius 1 is 1.37 bits per heavy atom. The van der Waals surface area contributed by atoms with Gasteiger partial charge >= 0.3 is 0 Å². The summed E-state index contributed by atoms with van der Waals surface area (Å²) in [7, 11) is 0. The molecular formula is C14H18BrNO3. The lowest BCUT2D eigenvalue weighted by Gasteiger charge is -2.35. The van der Waals surface area contributed by atoms with E-state index in [1.165, 1.54) is 18.2 Å². The normalized spacial score (nSPS) is 19.4. The van der Waals surface area contributed by atoms with Crippen molar-refractivity contribution in [2.45, 2.75) is 31.7 Å². The molecule has 1 aromatic carbocycles. The van der Waals surface area contributed by atoms with Gasteiger partial charge in [0.2, 0.25) is 0 Å². The molecule has 19 heavy (non-hydrogen) atoms. The van der Waals surface area contributed by atoms with Crippen molar-refractivity contribution < 1.29 is 15.0 Å². The molecule has 1 saturated heterocycles. The lowest BCUT2D eigenvalue weighted by Crippen LogP contribution is -2.43. The number of phenols is 2. The molecule has 1 aliphatic heterocycles. The molecule has 1 atom stereocenters. The van der Waals surface area contributed by atoms with Gasteiger partial charge in [-0.25, -0.2) is 0 Å². The summed E-state index contributed by atoms with van der Waals surface area (Å²) >= 11 is 3.42. The molecule has 5 heteroatoms. The fraction of sp³-hybridized carbons (Fsp3) is 0.500. The third kappa shape index (κ3) is 3.21. The first-order valence-corrected chi connectivity index (χ1v) is 7.64. The van der Waals surface area contributed by atoms with E-state index < -0.39 is 0 Å². The van der Waals surface area contributed by atoms with Crippen LogP contribution >= 0.6 is 15.9 Å². The molecule has 0 spiro atoms. The summed E-state index contributed by atoms with van der Waals surface area (Å²) in [4.78, 5) is 14.3. The zero-order valence-corrected chi connectivity index (χ0v) is 12.3. The van der Waals surface area contributed by atoms with Crippen LogP contribution in [0.4, 0.5) is 0 Å². The SMILES string of the molecule is O=C(c1ccc(O)cc1O)N1CCCCC1CCBr. The second kappa shape index (κ2) is 6.28. The molecule has 1 aromatic rings. The number of carbonyl (C=O) groups is 1. The Hall–Kier alpha value is -1.23. The molecule has 2 rings (SSSR count). The second-order valence-electron chi connectivity index (χ2n) is 4.83. The second-order valence-corrected chi connectivity index (χ2v) is 5.62. The standard InChI is InChI=1S/C14H18BrNO3/c15-7-6-10-3-1-2-8-16(10)14(19)12-5-4-11(17)9-13(12)18/h4-5,9-10,17-18H,1-3,6-8H2. The summed E-state index contributed by atoms with van der Waals surface area (Å²) in [5.41, 5.74) is 0.263. The van der Waals surface area contributed by atoms with Gasteiger partial charge in [-0.1, -0.05) is 15.9 Å². The van der Waals surface area contributed by atoms with Gasteiger partial charge < -0.3 is 15.1 Å². The first-order chi connectivity index (χ1) is 9.13. The highest BCUT2D eigenvalue weighted by molar-refractivity contribution is 9.09. The summed E-state index contributed by atoms with van der Waals surface area (Å²) in [5.74, 6) is -0.346. The first-order valence-electron chi connectivity index (χ1n) is 6.52. The highest BCUT2D eigenvalue weighted by atomic mass is 79.9. The first kappa shape index (κ1) is 14.2. The van der Waals surface area contributed by atoms with E-state index in [-0.39, 0.29) is 29.0 Å². The molecule has 2 N–H and O–H groups in total. The monoisotopic (exact) mass is 327 g/mol. The molecule has 1 aliphatic rings. The Bertz CT molecular complexity index is 462.